The van der Waals surface area contributed by atoms with E-state index < -0.39 is 35.9 Å². The molecule has 318 valence electrons. The van der Waals surface area contributed by atoms with Gasteiger partial charge in [0.2, 0.25) is 11.9 Å². The molecule has 1 saturated heterocycles. The Hall–Kier alpha value is -5.05. The SMILES string of the molecule is COc1ccc(COC2CC(C)(C)Cc3nc(C4CCN(c5ncc(-c6nc(C)no6)cn5)CC4)c(C(F)c4ccc(C(F)(F)F)cc4)c(C4CCC(F)(F)CC4)c32)cc1. The van der Waals surface area contributed by atoms with Gasteiger partial charge in [0.1, 0.15) is 5.75 Å². The van der Waals surface area contributed by atoms with Gasteiger partial charge in [0.05, 0.1) is 36.6 Å². The van der Waals surface area contributed by atoms with E-state index in [4.69, 9.17) is 19.0 Å². The van der Waals surface area contributed by atoms with Crippen LogP contribution in [0.25, 0.3) is 11.5 Å². The van der Waals surface area contributed by atoms with Crippen LogP contribution in [-0.4, -0.2) is 51.2 Å². The maximum absolute atomic E-state index is 17.8. The first-order valence-electron chi connectivity index (χ1n) is 20.5. The van der Waals surface area contributed by atoms with Crippen LogP contribution in [0.1, 0.15) is 133 Å². The Morgan fingerprint density at radius 3 is 2.15 bits per heavy atom. The third kappa shape index (κ3) is 8.87. The summed E-state index contributed by atoms with van der Waals surface area (Å²) >= 11 is 0. The lowest BCUT2D eigenvalue weighted by Crippen LogP contribution is -2.36. The van der Waals surface area contributed by atoms with Crippen LogP contribution in [0.15, 0.2) is 65.4 Å². The first kappa shape index (κ1) is 41.7. The molecule has 0 radical (unpaired) electrons. The predicted octanol–water partition coefficient (Wildman–Crippen LogP) is 11.2. The van der Waals surface area contributed by atoms with Gasteiger partial charge in [-0.15, -0.1) is 0 Å². The number of piperidine rings is 1. The van der Waals surface area contributed by atoms with Crippen molar-refractivity contribution in [3.63, 3.8) is 0 Å². The largest absolute Gasteiger partial charge is 0.497 e. The fourth-order valence-corrected chi connectivity index (χ4v) is 9.10. The second-order valence-corrected chi connectivity index (χ2v) is 17.2. The number of benzene rings is 2. The van der Waals surface area contributed by atoms with Gasteiger partial charge in [-0.1, -0.05) is 43.3 Å². The van der Waals surface area contributed by atoms with E-state index >= 15 is 4.39 Å². The number of hydrogen-bond acceptors (Lipinski definition) is 9. The van der Waals surface area contributed by atoms with Crippen molar-refractivity contribution in [1.29, 1.82) is 0 Å². The second-order valence-electron chi connectivity index (χ2n) is 17.2. The molecule has 8 rings (SSSR count). The summed E-state index contributed by atoms with van der Waals surface area (Å²) in [5.74, 6) is -1.53. The quantitative estimate of drug-likeness (QED) is 0.127. The molecule has 9 nitrogen and oxygen atoms in total. The zero-order valence-electron chi connectivity index (χ0n) is 34.0. The highest BCUT2D eigenvalue weighted by molar-refractivity contribution is 5.53. The summed E-state index contributed by atoms with van der Waals surface area (Å²) in [6, 6.07) is 11.6. The van der Waals surface area contributed by atoms with E-state index in [9.17, 15) is 22.0 Å². The van der Waals surface area contributed by atoms with Crippen molar-refractivity contribution in [1.82, 2.24) is 25.1 Å². The summed E-state index contributed by atoms with van der Waals surface area (Å²) in [5.41, 5.74) is 3.29. The van der Waals surface area contributed by atoms with Crippen LogP contribution in [0.4, 0.5) is 32.3 Å². The summed E-state index contributed by atoms with van der Waals surface area (Å²) in [6.45, 7) is 7.26. The number of alkyl halides is 6. The van der Waals surface area contributed by atoms with Crippen LogP contribution in [-0.2, 0) is 23.9 Å². The number of nitrogens with zero attached hydrogens (tertiary/aromatic N) is 6. The molecule has 2 aliphatic carbocycles. The maximum atomic E-state index is 17.8. The van der Waals surface area contributed by atoms with E-state index in [1.165, 1.54) is 12.1 Å². The molecule has 1 saturated carbocycles. The molecule has 15 heteroatoms. The number of aryl methyl sites for hydroxylation is 1. The lowest BCUT2D eigenvalue weighted by atomic mass is 9.68. The molecule has 60 heavy (non-hydrogen) atoms. The van der Waals surface area contributed by atoms with Crippen LogP contribution in [0.5, 0.6) is 5.75 Å². The number of halogens is 6. The lowest BCUT2D eigenvalue weighted by Gasteiger charge is -2.42. The number of rotatable bonds is 10. The highest BCUT2D eigenvalue weighted by Crippen LogP contribution is 2.53. The molecular formula is C45H48F6N6O3. The number of aromatic nitrogens is 5. The van der Waals surface area contributed by atoms with Crippen molar-refractivity contribution >= 4 is 5.95 Å². The Labute approximate surface area is 344 Å². The highest BCUT2D eigenvalue weighted by atomic mass is 19.4. The number of ether oxygens (including phenoxy) is 2. The summed E-state index contributed by atoms with van der Waals surface area (Å²) in [4.78, 5) is 20.8. The van der Waals surface area contributed by atoms with Crippen LogP contribution in [0.2, 0.25) is 0 Å². The monoisotopic (exact) mass is 834 g/mol. The third-order valence-corrected chi connectivity index (χ3v) is 12.2. The van der Waals surface area contributed by atoms with Crippen molar-refractivity contribution in [3.05, 3.63) is 112 Å². The first-order valence-corrected chi connectivity index (χ1v) is 20.5. The van der Waals surface area contributed by atoms with Crippen LogP contribution in [0, 0.1) is 12.3 Å². The summed E-state index contributed by atoms with van der Waals surface area (Å²) < 4.78 is 106. The van der Waals surface area contributed by atoms with Crippen molar-refractivity contribution in [2.24, 2.45) is 5.41 Å². The van der Waals surface area contributed by atoms with Crippen molar-refractivity contribution in [3.8, 4) is 17.2 Å². The zero-order valence-corrected chi connectivity index (χ0v) is 34.0. The van der Waals surface area contributed by atoms with Crippen LogP contribution >= 0.6 is 0 Å². The molecule has 3 aliphatic rings. The molecule has 2 aromatic carbocycles. The number of hydrogen-bond donors (Lipinski definition) is 0. The fraction of sp³-hybridized carbons (Fsp3) is 0.489. The minimum absolute atomic E-state index is 0.0441. The molecule has 0 spiro atoms. The maximum Gasteiger partial charge on any atom is 0.416 e. The number of methoxy groups -OCH3 is 1. The van der Waals surface area contributed by atoms with E-state index in [-0.39, 0.29) is 54.7 Å². The van der Waals surface area contributed by atoms with E-state index in [1.54, 1.807) is 26.4 Å². The second kappa shape index (κ2) is 16.4. The van der Waals surface area contributed by atoms with Gasteiger partial charge in [0, 0.05) is 61.1 Å². The number of fused-ring (bicyclic) bond motifs is 1. The van der Waals surface area contributed by atoms with Crippen molar-refractivity contribution in [2.45, 2.75) is 115 Å². The van der Waals surface area contributed by atoms with Gasteiger partial charge in [-0.25, -0.2) is 23.1 Å². The van der Waals surface area contributed by atoms with Crippen LogP contribution < -0.4 is 9.64 Å². The van der Waals surface area contributed by atoms with Crippen molar-refractivity contribution in [2.75, 3.05) is 25.1 Å². The van der Waals surface area contributed by atoms with E-state index in [2.05, 4.69) is 34.0 Å². The highest BCUT2D eigenvalue weighted by Gasteiger charge is 2.44. The van der Waals surface area contributed by atoms with Gasteiger partial charge in [-0.3, -0.25) is 4.98 Å². The molecule has 4 heterocycles. The standard InChI is InChI=1S/C45H48F6N6O3/c1-26-54-41(60-56-26)31-23-52-42(53-24-31)57-19-15-30(16-20-57)40-38(39(46)29-7-9-32(10-8-29)45(49,50)51)36(28-13-17-44(47,48)18-14-28)37-34(55-40)21-43(2,3)22-35(37)59-25-27-5-11-33(58-4)12-6-27/h5-12,23-24,28,30,35,39H,13-22,25H2,1-4H3. The Kier molecular flexibility index (Phi) is 11.4. The average molecular weight is 835 g/mol. The smallest absolute Gasteiger partial charge is 0.416 e. The summed E-state index contributed by atoms with van der Waals surface area (Å²) in [5, 5.41) is 3.83. The Balaban J connectivity index is 1.21. The third-order valence-electron chi connectivity index (χ3n) is 12.2. The fourth-order valence-electron chi connectivity index (χ4n) is 9.10. The molecule has 5 aromatic rings. The minimum Gasteiger partial charge on any atom is -0.497 e. The molecule has 2 atom stereocenters. The van der Waals surface area contributed by atoms with Gasteiger partial charge >= 0.3 is 6.18 Å². The summed E-state index contributed by atoms with van der Waals surface area (Å²) in [6.07, 6.45) is -2.00. The van der Waals surface area contributed by atoms with Gasteiger partial charge in [-0.2, -0.15) is 18.2 Å². The predicted molar refractivity (Wildman–Crippen MR) is 212 cm³/mol. The van der Waals surface area contributed by atoms with Crippen molar-refractivity contribution < 1.29 is 40.3 Å². The van der Waals surface area contributed by atoms with Gasteiger partial charge in [0.15, 0.2) is 12.0 Å². The van der Waals surface area contributed by atoms with Gasteiger partial charge in [-0.05, 0) is 97.7 Å². The minimum atomic E-state index is -4.60. The summed E-state index contributed by atoms with van der Waals surface area (Å²) in [7, 11) is 1.59. The lowest BCUT2D eigenvalue weighted by molar-refractivity contribution is -0.137. The first-order chi connectivity index (χ1) is 28.6. The van der Waals surface area contributed by atoms with E-state index in [0.29, 0.717) is 79.0 Å². The Bertz CT molecular complexity index is 2260. The van der Waals surface area contributed by atoms with E-state index in [0.717, 1.165) is 29.0 Å². The number of pyridine rings is 1. The topological polar surface area (TPSA) is 99.3 Å². The molecule has 1 aliphatic heterocycles. The Morgan fingerprint density at radius 1 is 0.883 bits per heavy atom. The molecule has 0 N–H and O–H groups in total. The molecule has 2 fully saturated rings. The molecule has 3 aromatic heterocycles. The molecular weight excluding hydrogens is 787 g/mol. The number of anilines is 1. The molecule has 0 bridgehead atoms. The molecule has 0 amide bonds. The molecule has 2 unspecified atom stereocenters. The van der Waals surface area contributed by atoms with Crippen LogP contribution in [0.3, 0.4) is 0 Å². The van der Waals surface area contributed by atoms with Gasteiger partial charge in [0.25, 0.3) is 5.89 Å². The average Bonchev–Trinajstić information content (AvgIpc) is 3.67. The Morgan fingerprint density at radius 2 is 1.55 bits per heavy atom. The van der Waals surface area contributed by atoms with Gasteiger partial charge < -0.3 is 18.9 Å². The zero-order chi connectivity index (χ0) is 42.4. The normalized spacial score (nSPS) is 20.2. The van der Waals surface area contributed by atoms with E-state index in [1.807, 2.05) is 29.2 Å².